The molecule has 1 saturated heterocycles. The van der Waals surface area contributed by atoms with E-state index in [4.69, 9.17) is 0 Å². The molecule has 1 fully saturated rings. The van der Waals surface area contributed by atoms with Crippen LogP contribution < -0.4 is 4.90 Å². The zero-order chi connectivity index (χ0) is 9.26. The lowest BCUT2D eigenvalue weighted by Crippen LogP contribution is -2.23. The van der Waals surface area contributed by atoms with E-state index in [1.165, 1.54) is 11.5 Å². The molecule has 2 rings (SSSR count). The summed E-state index contributed by atoms with van der Waals surface area (Å²) in [5.41, 5.74) is 0. The Morgan fingerprint density at radius 3 is 2.92 bits per heavy atom. The normalized spacial score (nSPS) is 16.1. The zero-order valence-electron chi connectivity index (χ0n) is 6.61. The van der Waals surface area contributed by atoms with Crippen LogP contribution in [0.3, 0.4) is 0 Å². The van der Waals surface area contributed by atoms with Gasteiger partial charge in [-0.3, -0.25) is 4.90 Å². The van der Waals surface area contributed by atoms with Crippen molar-refractivity contribution in [3.05, 3.63) is 29.4 Å². The smallest absolute Gasteiger partial charge is 0.416 e. The number of anilines is 1. The van der Waals surface area contributed by atoms with Gasteiger partial charge in [0.05, 0.1) is 6.54 Å². The largest absolute Gasteiger partial charge is 0.440 e. The topological polar surface area (TPSA) is 42.4 Å². The number of halogens is 1. The average molecular weight is 242 g/mol. The van der Waals surface area contributed by atoms with Crippen molar-refractivity contribution in [2.75, 3.05) is 11.4 Å². The van der Waals surface area contributed by atoms with E-state index in [2.05, 4.69) is 25.7 Å². The summed E-state index contributed by atoms with van der Waals surface area (Å²) in [4.78, 5) is 16.6. The molecule has 0 saturated carbocycles. The predicted octanol–water partition coefficient (Wildman–Crippen LogP) is 1.96. The minimum atomic E-state index is -0.380. The van der Waals surface area contributed by atoms with Crippen LogP contribution in [-0.2, 0) is 4.74 Å². The monoisotopic (exact) mass is 241 g/mol. The molecule has 0 aliphatic carbocycles. The van der Waals surface area contributed by atoms with E-state index in [0.717, 1.165) is 4.47 Å². The van der Waals surface area contributed by atoms with Gasteiger partial charge in [-0.15, -0.1) is 0 Å². The van der Waals surface area contributed by atoms with Gasteiger partial charge in [0, 0.05) is 10.7 Å². The Balaban J connectivity index is 2.25. The summed E-state index contributed by atoms with van der Waals surface area (Å²) >= 11 is 3.26. The van der Waals surface area contributed by atoms with Crippen molar-refractivity contribution < 1.29 is 9.53 Å². The summed E-state index contributed by atoms with van der Waals surface area (Å²) in [5.74, 6) is 0.599. The SMILES string of the molecule is O=C1O[CH]CN1c1ccc(Br)cn1. The average Bonchev–Trinajstić information content (AvgIpc) is 2.53. The maximum absolute atomic E-state index is 11.1. The van der Waals surface area contributed by atoms with Gasteiger partial charge in [-0.1, -0.05) is 0 Å². The number of hydrogen-bond acceptors (Lipinski definition) is 3. The molecular weight excluding hydrogens is 236 g/mol. The number of cyclic esters (lactones) is 1. The van der Waals surface area contributed by atoms with Gasteiger partial charge in [0.15, 0.2) is 6.61 Å². The molecule has 1 aliphatic rings. The Bertz CT molecular complexity index is 325. The van der Waals surface area contributed by atoms with Crippen molar-refractivity contribution in [2.24, 2.45) is 0 Å². The second-order valence-electron chi connectivity index (χ2n) is 2.50. The number of rotatable bonds is 1. The van der Waals surface area contributed by atoms with Crippen LogP contribution in [0.5, 0.6) is 0 Å². The van der Waals surface area contributed by atoms with Gasteiger partial charge >= 0.3 is 6.09 Å². The minimum absolute atomic E-state index is 0.380. The van der Waals surface area contributed by atoms with Crippen LogP contribution in [0.1, 0.15) is 0 Å². The van der Waals surface area contributed by atoms with Crippen LogP contribution in [0.15, 0.2) is 22.8 Å². The van der Waals surface area contributed by atoms with Gasteiger partial charge in [-0.25, -0.2) is 9.78 Å². The molecule has 0 N–H and O–H groups in total. The van der Waals surface area contributed by atoms with Crippen molar-refractivity contribution in [3.8, 4) is 0 Å². The van der Waals surface area contributed by atoms with Crippen LogP contribution in [0.4, 0.5) is 10.6 Å². The number of carbonyl (C=O) groups excluding carboxylic acids is 1. The fraction of sp³-hybridized carbons (Fsp3) is 0.125. The highest BCUT2D eigenvalue weighted by atomic mass is 79.9. The third kappa shape index (κ3) is 1.65. The Labute approximate surface area is 83.6 Å². The first-order chi connectivity index (χ1) is 6.27. The molecule has 1 radical (unpaired) electrons. The molecule has 0 unspecified atom stereocenters. The molecule has 0 atom stereocenters. The van der Waals surface area contributed by atoms with E-state index >= 15 is 0 Å². The van der Waals surface area contributed by atoms with Gasteiger partial charge in [-0.2, -0.15) is 0 Å². The number of amides is 1. The van der Waals surface area contributed by atoms with Gasteiger partial charge in [0.25, 0.3) is 0 Å². The Hall–Kier alpha value is -1.10. The van der Waals surface area contributed by atoms with E-state index in [1.807, 2.05) is 6.07 Å². The van der Waals surface area contributed by atoms with Crippen LogP contribution >= 0.6 is 15.9 Å². The number of aromatic nitrogens is 1. The van der Waals surface area contributed by atoms with Crippen molar-refractivity contribution in [3.63, 3.8) is 0 Å². The minimum Gasteiger partial charge on any atom is -0.440 e. The predicted molar refractivity (Wildman–Crippen MR) is 50.1 cm³/mol. The highest BCUT2D eigenvalue weighted by Gasteiger charge is 2.24. The number of pyridine rings is 1. The first-order valence-electron chi connectivity index (χ1n) is 3.69. The first kappa shape index (κ1) is 8.50. The summed E-state index contributed by atoms with van der Waals surface area (Å²) < 4.78 is 5.54. The standard InChI is InChI=1S/C8H6BrN2O2/c9-6-1-2-7(10-5-6)11-3-4-13-8(11)12/h1-2,4-5H,3H2. The molecule has 2 heterocycles. The molecule has 1 aromatic heterocycles. The van der Waals surface area contributed by atoms with Gasteiger partial charge in [-0.05, 0) is 28.1 Å². The molecule has 4 nitrogen and oxygen atoms in total. The third-order valence-corrected chi connectivity index (χ3v) is 2.12. The molecule has 1 aliphatic heterocycles. The summed E-state index contributed by atoms with van der Waals surface area (Å²) in [6.07, 6.45) is 1.26. The van der Waals surface area contributed by atoms with Crippen LogP contribution in [0.25, 0.3) is 0 Å². The van der Waals surface area contributed by atoms with E-state index < -0.39 is 0 Å². The van der Waals surface area contributed by atoms with Crippen LogP contribution in [-0.4, -0.2) is 17.6 Å². The Morgan fingerprint density at radius 2 is 2.38 bits per heavy atom. The van der Waals surface area contributed by atoms with Gasteiger partial charge in [0.2, 0.25) is 0 Å². The van der Waals surface area contributed by atoms with E-state index in [0.29, 0.717) is 12.4 Å². The summed E-state index contributed by atoms with van der Waals surface area (Å²) in [5, 5.41) is 0. The fourth-order valence-corrected chi connectivity index (χ4v) is 1.27. The second-order valence-corrected chi connectivity index (χ2v) is 3.41. The van der Waals surface area contributed by atoms with Gasteiger partial charge < -0.3 is 4.74 Å². The molecule has 0 spiro atoms. The van der Waals surface area contributed by atoms with Crippen LogP contribution in [0.2, 0.25) is 0 Å². The lowest BCUT2D eigenvalue weighted by Gasteiger charge is -2.10. The van der Waals surface area contributed by atoms with E-state index in [1.54, 1.807) is 12.3 Å². The quantitative estimate of drug-likeness (QED) is 0.755. The molecule has 0 aromatic carbocycles. The van der Waals surface area contributed by atoms with Crippen molar-refractivity contribution in [2.45, 2.75) is 0 Å². The zero-order valence-corrected chi connectivity index (χ0v) is 8.19. The Morgan fingerprint density at radius 1 is 1.54 bits per heavy atom. The molecule has 0 bridgehead atoms. The lowest BCUT2D eigenvalue weighted by molar-refractivity contribution is 0.196. The summed E-state index contributed by atoms with van der Waals surface area (Å²) in [6, 6.07) is 3.58. The molecular formula is C8H6BrN2O2. The highest BCUT2D eigenvalue weighted by molar-refractivity contribution is 9.10. The second kappa shape index (κ2) is 3.33. The van der Waals surface area contributed by atoms with Crippen molar-refractivity contribution >= 4 is 27.8 Å². The van der Waals surface area contributed by atoms with Crippen molar-refractivity contribution in [1.82, 2.24) is 4.98 Å². The van der Waals surface area contributed by atoms with Crippen LogP contribution in [0, 0.1) is 6.61 Å². The number of carbonyl (C=O) groups is 1. The maximum Gasteiger partial charge on any atom is 0.416 e. The first-order valence-corrected chi connectivity index (χ1v) is 4.48. The Kier molecular flexibility index (Phi) is 2.18. The van der Waals surface area contributed by atoms with Gasteiger partial charge in [0.1, 0.15) is 5.82 Å². The number of ether oxygens (including phenoxy) is 1. The number of hydrogen-bond donors (Lipinski definition) is 0. The molecule has 1 aromatic rings. The fourth-order valence-electron chi connectivity index (χ4n) is 1.04. The maximum atomic E-state index is 11.1. The van der Waals surface area contributed by atoms with E-state index in [9.17, 15) is 4.79 Å². The molecule has 67 valence electrons. The third-order valence-electron chi connectivity index (χ3n) is 1.65. The highest BCUT2D eigenvalue weighted by Crippen LogP contribution is 2.18. The molecule has 13 heavy (non-hydrogen) atoms. The van der Waals surface area contributed by atoms with Crippen molar-refractivity contribution in [1.29, 1.82) is 0 Å². The molecule has 5 heteroatoms. The lowest BCUT2D eigenvalue weighted by atomic mass is 10.4. The molecule has 1 amide bonds. The summed E-state index contributed by atoms with van der Waals surface area (Å²) in [6.45, 7) is 1.90. The summed E-state index contributed by atoms with van der Waals surface area (Å²) in [7, 11) is 0. The number of nitrogens with zero attached hydrogens (tertiary/aromatic N) is 2. The van der Waals surface area contributed by atoms with E-state index in [-0.39, 0.29) is 6.09 Å².